The van der Waals surface area contributed by atoms with Gasteiger partial charge >= 0.3 is 15.6 Å². The Balaban J connectivity index is 1.49. The number of aromatic nitrogens is 4. The number of nitrogens with zero attached hydrogens (tertiary/aromatic N) is 4. The number of hydrogen-bond acceptors (Lipinski definition) is 8. The third-order valence-electron chi connectivity index (χ3n) is 5.95. The van der Waals surface area contributed by atoms with Gasteiger partial charge in [0.2, 0.25) is 0 Å². The van der Waals surface area contributed by atoms with Gasteiger partial charge in [0.1, 0.15) is 16.5 Å². The lowest BCUT2D eigenvalue weighted by Crippen LogP contribution is -2.01. The predicted octanol–water partition coefficient (Wildman–Crippen LogP) is 5.82. The van der Waals surface area contributed by atoms with Gasteiger partial charge in [-0.25, -0.2) is 23.8 Å². The Kier molecular flexibility index (Phi) is 7.25. The third-order valence-corrected chi connectivity index (χ3v) is 7.90. The highest BCUT2D eigenvalue weighted by Crippen LogP contribution is 2.44. The first-order chi connectivity index (χ1) is 20.0. The van der Waals surface area contributed by atoms with E-state index in [-0.39, 0.29) is 34.3 Å². The van der Waals surface area contributed by atoms with Crippen LogP contribution in [-0.4, -0.2) is 39.3 Å². The van der Waals surface area contributed by atoms with Gasteiger partial charge in [-0.3, -0.25) is 19.6 Å². The standard InChI is InChI=1S/C27H20N4O8P2S/c32-40(33,34)38-22-10-4-1-7-19(22)25-29-26(20-8-2-5-11-23(20)39-41(35,36)37)31(30-25)18-15-13-17(14-16-18)27-28-21-9-3-6-12-24(21)42-27/h1-16H,(H2,32,33,34)(H2,35,36,37). The van der Waals surface area contributed by atoms with Gasteiger partial charge < -0.3 is 9.05 Å². The van der Waals surface area contributed by atoms with Crippen LogP contribution in [0.15, 0.2) is 97.1 Å². The number of phosphoric acid groups is 2. The molecule has 2 aromatic heterocycles. The molecular weight excluding hydrogens is 602 g/mol. The summed E-state index contributed by atoms with van der Waals surface area (Å²) in [5.74, 6) is -0.111. The fraction of sp³-hybridized carbons (Fsp3) is 0. The molecule has 0 radical (unpaired) electrons. The summed E-state index contributed by atoms with van der Waals surface area (Å²) in [5, 5.41) is 5.43. The van der Waals surface area contributed by atoms with Crippen LogP contribution in [0, 0.1) is 0 Å². The molecule has 4 N–H and O–H groups in total. The van der Waals surface area contributed by atoms with Crippen LogP contribution in [0.4, 0.5) is 0 Å². The van der Waals surface area contributed by atoms with Crippen molar-refractivity contribution in [3.63, 3.8) is 0 Å². The molecule has 0 aliphatic rings. The van der Waals surface area contributed by atoms with E-state index in [9.17, 15) is 28.7 Å². The van der Waals surface area contributed by atoms with Crippen LogP contribution < -0.4 is 9.05 Å². The molecule has 0 saturated carbocycles. The van der Waals surface area contributed by atoms with Crippen LogP contribution in [0.3, 0.4) is 0 Å². The second-order valence-corrected chi connectivity index (χ2v) is 12.2. The summed E-state index contributed by atoms with van der Waals surface area (Å²) in [4.78, 5) is 47.1. The highest BCUT2D eigenvalue weighted by Gasteiger charge is 2.25. The minimum absolute atomic E-state index is 0.0373. The van der Waals surface area contributed by atoms with Crippen LogP contribution in [0.1, 0.15) is 0 Å². The van der Waals surface area contributed by atoms with E-state index in [4.69, 9.17) is 14.0 Å². The van der Waals surface area contributed by atoms with Crippen molar-refractivity contribution >= 4 is 37.2 Å². The van der Waals surface area contributed by atoms with Gasteiger partial charge in [-0.05, 0) is 60.7 Å². The summed E-state index contributed by atoms with van der Waals surface area (Å²) >= 11 is 1.55. The minimum atomic E-state index is -4.93. The molecular formula is C27H20N4O8P2S. The average molecular weight is 622 g/mol. The van der Waals surface area contributed by atoms with Gasteiger partial charge in [0.25, 0.3) is 0 Å². The first kappa shape index (κ1) is 28.0. The van der Waals surface area contributed by atoms with Crippen molar-refractivity contribution in [1.29, 1.82) is 0 Å². The molecule has 0 amide bonds. The summed E-state index contributed by atoms with van der Waals surface area (Å²) in [6, 6.07) is 27.3. The Morgan fingerprint density at radius 3 is 1.88 bits per heavy atom. The van der Waals surface area contributed by atoms with Gasteiger partial charge in [0.05, 0.1) is 27.0 Å². The number of hydrogen-bond donors (Lipinski definition) is 4. The van der Waals surface area contributed by atoms with E-state index < -0.39 is 15.6 Å². The van der Waals surface area contributed by atoms with Crippen molar-refractivity contribution in [2.24, 2.45) is 0 Å². The Morgan fingerprint density at radius 2 is 1.24 bits per heavy atom. The second-order valence-electron chi connectivity index (χ2n) is 8.86. The molecule has 0 bridgehead atoms. The molecule has 6 rings (SSSR count). The molecule has 0 fully saturated rings. The lowest BCUT2D eigenvalue weighted by molar-refractivity contribution is 0.281. The Morgan fingerprint density at radius 1 is 0.667 bits per heavy atom. The summed E-state index contributed by atoms with van der Waals surface area (Å²) in [6.07, 6.45) is 0. The SMILES string of the molecule is O=P(O)(O)Oc1ccccc1-c1nc(-c2ccccc2OP(=O)(O)O)n(-c2ccc(-c3nc4ccccc4s3)cc2)n1. The molecule has 15 heteroatoms. The maximum atomic E-state index is 11.7. The second kappa shape index (κ2) is 10.9. The number of rotatable bonds is 8. The number of phosphoric ester groups is 2. The monoisotopic (exact) mass is 622 g/mol. The number of thiazole rings is 1. The molecule has 4 aromatic carbocycles. The molecule has 0 spiro atoms. The molecule has 0 unspecified atom stereocenters. The normalized spacial score (nSPS) is 12.0. The van der Waals surface area contributed by atoms with Gasteiger partial charge in [-0.15, -0.1) is 16.4 Å². The molecule has 42 heavy (non-hydrogen) atoms. The molecule has 212 valence electrons. The fourth-order valence-corrected chi connectivity index (χ4v) is 6.04. The van der Waals surface area contributed by atoms with Crippen LogP contribution in [0.2, 0.25) is 0 Å². The quantitative estimate of drug-likeness (QED) is 0.150. The van der Waals surface area contributed by atoms with Gasteiger partial charge in [-0.2, -0.15) is 0 Å². The van der Waals surface area contributed by atoms with Crippen LogP contribution in [0.5, 0.6) is 11.5 Å². The van der Waals surface area contributed by atoms with Crippen molar-refractivity contribution in [1.82, 2.24) is 19.7 Å². The number of benzene rings is 4. The number of fused-ring (bicyclic) bond motifs is 1. The van der Waals surface area contributed by atoms with Crippen LogP contribution >= 0.6 is 27.0 Å². The molecule has 6 aromatic rings. The van der Waals surface area contributed by atoms with Crippen molar-refractivity contribution in [3.8, 4) is 50.5 Å². The molecule has 0 saturated heterocycles. The first-order valence-electron chi connectivity index (χ1n) is 12.2. The summed E-state index contributed by atoms with van der Waals surface area (Å²) < 4.78 is 35.6. The van der Waals surface area contributed by atoms with Crippen LogP contribution in [-0.2, 0) is 9.13 Å². The summed E-state index contributed by atoms with van der Waals surface area (Å²) in [6.45, 7) is 0. The Labute approximate surface area is 242 Å². The minimum Gasteiger partial charge on any atom is -0.403 e. The largest absolute Gasteiger partial charge is 0.524 e. The van der Waals surface area contributed by atoms with Crippen LogP contribution in [0.25, 0.3) is 49.3 Å². The van der Waals surface area contributed by atoms with Gasteiger partial charge in [0, 0.05) is 5.56 Å². The topological polar surface area (TPSA) is 177 Å². The van der Waals surface area contributed by atoms with E-state index in [1.54, 1.807) is 47.7 Å². The predicted molar refractivity (Wildman–Crippen MR) is 156 cm³/mol. The zero-order valence-electron chi connectivity index (χ0n) is 21.3. The van der Waals surface area contributed by atoms with Gasteiger partial charge in [0.15, 0.2) is 11.6 Å². The van der Waals surface area contributed by atoms with E-state index in [0.29, 0.717) is 5.69 Å². The average Bonchev–Trinajstić information content (AvgIpc) is 3.57. The Bertz CT molecular complexity index is 1980. The van der Waals surface area contributed by atoms with E-state index in [0.717, 1.165) is 20.8 Å². The molecule has 0 atom stereocenters. The first-order valence-corrected chi connectivity index (χ1v) is 16.0. The van der Waals surface area contributed by atoms with Crippen molar-refractivity contribution < 1.29 is 37.8 Å². The maximum absolute atomic E-state index is 11.7. The van der Waals surface area contributed by atoms with Gasteiger partial charge in [-0.1, -0.05) is 36.4 Å². The molecule has 2 heterocycles. The molecule has 12 nitrogen and oxygen atoms in total. The van der Waals surface area contributed by atoms with E-state index in [1.165, 1.54) is 28.9 Å². The highest BCUT2D eigenvalue weighted by molar-refractivity contribution is 7.47. The zero-order valence-corrected chi connectivity index (χ0v) is 23.9. The fourth-order valence-electron chi connectivity index (χ4n) is 4.24. The van der Waals surface area contributed by atoms with Crippen molar-refractivity contribution in [2.45, 2.75) is 0 Å². The third kappa shape index (κ3) is 6.03. The lowest BCUT2D eigenvalue weighted by Gasteiger charge is -2.12. The number of para-hydroxylation sites is 3. The zero-order chi connectivity index (χ0) is 29.5. The Hall–Kier alpha value is -4.19. The molecule has 0 aliphatic heterocycles. The maximum Gasteiger partial charge on any atom is 0.524 e. The highest BCUT2D eigenvalue weighted by atomic mass is 32.1. The summed E-state index contributed by atoms with van der Waals surface area (Å²) in [7, 11) is -9.84. The lowest BCUT2D eigenvalue weighted by atomic mass is 10.1. The van der Waals surface area contributed by atoms with E-state index in [2.05, 4.69) is 10.1 Å². The van der Waals surface area contributed by atoms with E-state index in [1.807, 2.05) is 36.4 Å². The van der Waals surface area contributed by atoms with E-state index >= 15 is 0 Å². The molecule has 0 aliphatic carbocycles. The summed E-state index contributed by atoms with van der Waals surface area (Å²) in [5.41, 5.74) is 2.69. The van der Waals surface area contributed by atoms with Crippen molar-refractivity contribution in [2.75, 3.05) is 0 Å². The van der Waals surface area contributed by atoms with Crippen molar-refractivity contribution in [3.05, 3.63) is 97.1 Å². The smallest absolute Gasteiger partial charge is 0.403 e.